The average molecular weight is 361 g/mol. The molecule has 0 saturated heterocycles. The molecule has 2 aromatic heterocycles. The lowest BCUT2D eigenvalue weighted by molar-refractivity contribution is -0.129. The minimum absolute atomic E-state index is 0.173. The van der Waals surface area contributed by atoms with Crippen LogP contribution in [0.25, 0.3) is 11.3 Å². The lowest BCUT2D eigenvalue weighted by atomic mass is 9.82. The second-order valence-corrected chi connectivity index (χ2v) is 6.40. The van der Waals surface area contributed by atoms with E-state index in [1.54, 1.807) is 19.3 Å². The third kappa shape index (κ3) is 2.59. The third-order valence-electron chi connectivity index (χ3n) is 4.86. The molecule has 1 unspecified atom stereocenters. The van der Waals surface area contributed by atoms with E-state index in [1.165, 1.54) is 11.2 Å². The number of nitrogens with two attached hydrogens (primary N) is 1. The van der Waals surface area contributed by atoms with Gasteiger partial charge < -0.3 is 10.3 Å². The molecular weight excluding hydrogens is 342 g/mol. The zero-order valence-electron chi connectivity index (χ0n) is 15.1. The quantitative estimate of drug-likeness (QED) is 0.769. The van der Waals surface area contributed by atoms with Crippen molar-refractivity contribution in [2.75, 3.05) is 7.05 Å². The Morgan fingerprint density at radius 1 is 1.19 bits per heavy atom. The Hall–Kier alpha value is -3.48. The lowest BCUT2D eigenvalue weighted by Crippen LogP contribution is -2.41. The van der Waals surface area contributed by atoms with Crippen LogP contribution in [0.3, 0.4) is 0 Å². The molecule has 0 bridgehead atoms. The largest absolute Gasteiger partial charge is 0.369 e. The second-order valence-electron chi connectivity index (χ2n) is 6.40. The SMILES string of the molecule is CCc1ccc(C2(c3cccc(-c4ccon4)c3)N=C(N)N(C)C2=O)cn1. The molecule has 4 rings (SSSR count). The van der Waals surface area contributed by atoms with E-state index >= 15 is 0 Å². The van der Waals surface area contributed by atoms with E-state index in [1.807, 2.05) is 43.3 Å². The van der Waals surface area contributed by atoms with Gasteiger partial charge in [-0.2, -0.15) is 0 Å². The van der Waals surface area contributed by atoms with Crippen LogP contribution >= 0.6 is 0 Å². The molecule has 0 radical (unpaired) electrons. The fourth-order valence-electron chi connectivity index (χ4n) is 3.30. The number of benzene rings is 1. The number of aromatic nitrogens is 2. The Kier molecular flexibility index (Phi) is 3.99. The standard InChI is InChI=1S/C20H19N5O2/c1-3-16-8-7-15(12-22-16)20(18(26)25(2)19(21)23-20)14-6-4-5-13(11-14)17-9-10-27-24-17/h4-12H,3H2,1-2H3,(H2,21,23). The highest BCUT2D eigenvalue weighted by Crippen LogP contribution is 2.40. The number of amides is 1. The van der Waals surface area contributed by atoms with Crippen LogP contribution in [-0.4, -0.2) is 34.0 Å². The second kappa shape index (κ2) is 6.35. The number of aliphatic imine (C=N–C) groups is 1. The monoisotopic (exact) mass is 361 g/mol. The van der Waals surface area contributed by atoms with Gasteiger partial charge in [0, 0.05) is 36.1 Å². The minimum atomic E-state index is -1.27. The third-order valence-corrected chi connectivity index (χ3v) is 4.86. The van der Waals surface area contributed by atoms with Crippen LogP contribution in [0.5, 0.6) is 0 Å². The van der Waals surface area contributed by atoms with E-state index in [4.69, 9.17) is 10.3 Å². The molecule has 7 heteroatoms. The van der Waals surface area contributed by atoms with E-state index in [-0.39, 0.29) is 11.9 Å². The fourth-order valence-corrected chi connectivity index (χ4v) is 3.30. The van der Waals surface area contributed by atoms with Gasteiger partial charge in [-0.1, -0.05) is 36.3 Å². The van der Waals surface area contributed by atoms with E-state index in [0.29, 0.717) is 16.8 Å². The maximum Gasteiger partial charge on any atom is 0.266 e. The first-order valence-electron chi connectivity index (χ1n) is 8.66. The first-order chi connectivity index (χ1) is 13.1. The van der Waals surface area contributed by atoms with Crippen molar-refractivity contribution in [1.29, 1.82) is 0 Å². The molecule has 136 valence electrons. The molecule has 0 aliphatic carbocycles. The van der Waals surface area contributed by atoms with Crippen LogP contribution in [0.4, 0.5) is 0 Å². The highest BCUT2D eigenvalue weighted by atomic mass is 16.5. The van der Waals surface area contributed by atoms with E-state index in [9.17, 15) is 4.79 Å². The van der Waals surface area contributed by atoms with Gasteiger partial charge in [0.2, 0.25) is 0 Å². The molecule has 1 amide bonds. The van der Waals surface area contributed by atoms with Gasteiger partial charge in [-0.15, -0.1) is 0 Å². The van der Waals surface area contributed by atoms with Crippen molar-refractivity contribution < 1.29 is 9.32 Å². The highest BCUT2D eigenvalue weighted by Gasteiger charge is 2.49. The van der Waals surface area contributed by atoms with Crippen LogP contribution < -0.4 is 5.73 Å². The first kappa shape index (κ1) is 17.0. The molecular formula is C20H19N5O2. The summed E-state index contributed by atoms with van der Waals surface area (Å²) in [5, 5.41) is 3.98. The summed E-state index contributed by atoms with van der Waals surface area (Å²) in [6.45, 7) is 2.03. The molecule has 1 aromatic carbocycles. The number of rotatable bonds is 4. The van der Waals surface area contributed by atoms with Crippen LogP contribution in [0.15, 0.2) is 64.4 Å². The zero-order chi connectivity index (χ0) is 19.0. The molecule has 27 heavy (non-hydrogen) atoms. The zero-order valence-corrected chi connectivity index (χ0v) is 15.1. The van der Waals surface area contributed by atoms with Crippen molar-refractivity contribution in [3.05, 3.63) is 71.7 Å². The lowest BCUT2D eigenvalue weighted by Gasteiger charge is -2.26. The molecule has 3 aromatic rings. The molecule has 2 N–H and O–H groups in total. The average Bonchev–Trinajstić information content (AvgIpc) is 3.32. The Balaban J connectivity index is 1.92. The predicted molar refractivity (Wildman–Crippen MR) is 101 cm³/mol. The summed E-state index contributed by atoms with van der Waals surface area (Å²) < 4.78 is 4.94. The van der Waals surface area contributed by atoms with Gasteiger partial charge in [-0.05, 0) is 24.1 Å². The van der Waals surface area contributed by atoms with Crippen LogP contribution in [0, 0.1) is 0 Å². The summed E-state index contributed by atoms with van der Waals surface area (Å²) in [6.07, 6.45) is 4.03. The molecule has 0 spiro atoms. The number of hydrogen-bond donors (Lipinski definition) is 1. The van der Waals surface area contributed by atoms with Crippen molar-refractivity contribution in [3.63, 3.8) is 0 Å². The molecule has 1 atom stereocenters. The molecule has 7 nitrogen and oxygen atoms in total. The summed E-state index contributed by atoms with van der Waals surface area (Å²) >= 11 is 0. The van der Waals surface area contributed by atoms with E-state index in [0.717, 1.165) is 17.7 Å². The number of guanidine groups is 1. The summed E-state index contributed by atoms with van der Waals surface area (Å²) in [6, 6.07) is 13.1. The number of likely N-dealkylation sites (N-methyl/N-ethyl adjacent to an activating group) is 1. The van der Waals surface area contributed by atoms with Gasteiger partial charge in [0.25, 0.3) is 5.91 Å². The Morgan fingerprint density at radius 3 is 2.63 bits per heavy atom. The van der Waals surface area contributed by atoms with Crippen molar-refractivity contribution in [3.8, 4) is 11.3 Å². The molecule has 0 saturated carbocycles. The molecule has 1 aliphatic heterocycles. The maximum absolute atomic E-state index is 13.3. The van der Waals surface area contributed by atoms with Gasteiger partial charge >= 0.3 is 0 Å². The fraction of sp³-hybridized carbons (Fsp3) is 0.200. The summed E-state index contributed by atoms with van der Waals surface area (Å²) in [5.74, 6) is -0.0465. The van der Waals surface area contributed by atoms with Crippen LogP contribution in [0.2, 0.25) is 0 Å². The van der Waals surface area contributed by atoms with Gasteiger partial charge in [0.1, 0.15) is 12.0 Å². The van der Waals surface area contributed by atoms with Gasteiger partial charge in [0.15, 0.2) is 11.5 Å². The number of carbonyl (C=O) groups excluding carboxylic acids is 1. The number of pyridine rings is 1. The van der Waals surface area contributed by atoms with Crippen LogP contribution in [-0.2, 0) is 16.8 Å². The molecule has 0 fully saturated rings. The summed E-state index contributed by atoms with van der Waals surface area (Å²) in [4.78, 5) is 23.7. The number of hydrogen-bond acceptors (Lipinski definition) is 6. The highest BCUT2D eigenvalue weighted by molar-refractivity contribution is 6.09. The topological polar surface area (TPSA) is 97.6 Å². The normalized spacial score (nSPS) is 19.4. The summed E-state index contributed by atoms with van der Waals surface area (Å²) in [5.41, 5.74) is 8.58. The van der Waals surface area contributed by atoms with Crippen molar-refractivity contribution in [1.82, 2.24) is 15.0 Å². The first-order valence-corrected chi connectivity index (χ1v) is 8.66. The summed E-state index contributed by atoms with van der Waals surface area (Å²) in [7, 11) is 1.62. The predicted octanol–water partition coefficient (Wildman–Crippen LogP) is 2.33. The van der Waals surface area contributed by atoms with Crippen molar-refractivity contribution in [2.45, 2.75) is 18.9 Å². The number of aryl methyl sites for hydroxylation is 1. The number of nitrogens with zero attached hydrogens (tertiary/aromatic N) is 4. The van der Waals surface area contributed by atoms with E-state index in [2.05, 4.69) is 15.1 Å². The van der Waals surface area contributed by atoms with Crippen LogP contribution in [0.1, 0.15) is 23.7 Å². The Bertz CT molecular complexity index is 1010. The van der Waals surface area contributed by atoms with Gasteiger partial charge in [0.05, 0.1) is 0 Å². The Morgan fingerprint density at radius 2 is 2.04 bits per heavy atom. The van der Waals surface area contributed by atoms with E-state index < -0.39 is 5.54 Å². The molecule has 1 aliphatic rings. The van der Waals surface area contributed by atoms with Gasteiger partial charge in [-0.3, -0.25) is 14.7 Å². The number of carbonyl (C=O) groups is 1. The smallest absolute Gasteiger partial charge is 0.266 e. The van der Waals surface area contributed by atoms with Crippen molar-refractivity contribution in [2.24, 2.45) is 10.7 Å². The molecule has 3 heterocycles. The van der Waals surface area contributed by atoms with Gasteiger partial charge in [-0.25, -0.2) is 4.99 Å². The minimum Gasteiger partial charge on any atom is -0.369 e. The van der Waals surface area contributed by atoms with Crippen molar-refractivity contribution >= 4 is 11.9 Å². The Labute approximate surface area is 156 Å². The maximum atomic E-state index is 13.3.